The van der Waals surface area contributed by atoms with E-state index < -0.39 is 0 Å². The van der Waals surface area contributed by atoms with Crippen LogP contribution in [0, 0.1) is 50.7 Å². The van der Waals surface area contributed by atoms with E-state index in [1.807, 2.05) is 0 Å². The maximum atomic E-state index is 13.2. The molecule has 0 N–H and O–H groups in total. The number of ketones is 2. The Balaban J connectivity index is 1.60. The highest BCUT2D eigenvalue weighted by molar-refractivity contribution is 6.00. The first-order valence-electron chi connectivity index (χ1n) is 13.5. The smallest absolute Gasteiger partial charge is 0.159 e. The van der Waals surface area contributed by atoms with Crippen LogP contribution in [0.15, 0.2) is 11.1 Å². The van der Waals surface area contributed by atoms with Gasteiger partial charge in [-0.1, -0.05) is 61.0 Å². The highest BCUT2D eigenvalue weighted by atomic mass is 16.1. The van der Waals surface area contributed by atoms with Gasteiger partial charge in [-0.25, -0.2) is 0 Å². The minimum absolute atomic E-state index is 0.102. The number of rotatable bonds is 1. The van der Waals surface area contributed by atoms with Crippen LogP contribution in [0.4, 0.5) is 0 Å². The molecule has 5 rings (SSSR count). The number of hydrogen-bond acceptors (Lipinski definition) is 2. The van der Waals surface area contributed by atoms with Crippen LogP contribution in [-0.2, 0) is 9.59 Å². The van der Waals surface area contributed by atoms with E-state index >= 15 is 0 Å². The molecule has 5 aliphatic rings. The van der Waals surface area contributed by atoms with Crippen LogP contribution in [0.2, 0.25) is 0 Å². The van der Waals surface area contributed by atoms with Crippen molar-refractivity contribution in [2.75, 3.05) is 0 Å². The van der Waals surface area contributed by atoms with Gasteiger partial charge in [-0.2, -0.15) is 0 Å². The fourth-order valence-electron chi connectivity index (χ4n) is 10.7. The quantitative estimate of drug-likeness (QED) is 0.423. The first-order chi connectivity index (χ1) is 14.7. The van der Waals surface area contributed by atoms with Crippen LogP contribution in [0.1, 0.15) is 113 Å². The molecule has 0 heterocycles. The van der Waals surface area contributed by atoms with Crippen molar-refractivity contribution in [3.63, 3.8) is 0 Å². The van der Waals surface area contributed by atoms with Crippen LogP contribution < -0.4 is 0 Å². The van der Waals surface area contributed by atoms with E-state index in [-0.39, 0.29) is 21.7 Å². The lowest BCUT2D eigenvalue weighted by atomic mass is 9.33. The topological polar surface area (TPSA) is 34.1 Å². The lowest BCUT2D eigenvalue weighted by Crippen LogP contribution is -2.65. The van der Waals surface area contributed by atoms with E-state index in [0.29, 0.717) is 40.7 Å². The van der Waals surface area contributed by atoms with E-state index in [1.54, 1.807) is 5.57 Å². The molecule has 0 spiro atoms. The predicted molar refractivity (Wildman–Crippen MR) is 130 cm³/mol. The molecule has 0 radical (unpaired) electrons. The lowest BCUT2D eigenvalue weighted by Gasteiger charge is -2.71. The summed E-state index contributed by atoms with van der Waals surface area (Å²) in [6.45, 7) is 19.1. The Bertz CT molecular complexity index is 908. The van der Waals surface area contributed by atoms with Crippen LogP contribution in [-0.4, -0.2) is 11.6 Å². The number of fused-ring (bicyclic) bond motifs is 7. The Morgan fingerprint density at radius 2 is 1.47 bits per heavy atom. The fraction of sp³-hybridized carbons (Fsp3) is 0.867. The zero-order valence-electron chi connectivity index (χ0n) is 22.0. The van der Waals surface area contributed by atoms with E-state index in [2.05, 4.69) is 55.4 Å². The van der Waals surface area contributed by atoms with E-state index in [4.69, 9.17) is 0 Å². The van der Waals surface area contributed by atoms with Gasteiger partial charge in [0.1, 0.15) is 5.78 Å². The summed E-state index contributed by atoms with van der Waals surface area (Å²) in [7, 11) is 0. The van der Waals surface area contributed by atoms with Crippen molar-refractivity contribution >= 4 is 11.6 Å². The van der Waals surface area contributed by atoms with Crippen molar-refractivity contribution in [1.29, 1.82) is 0 Å². The summed E-state index contributed by atoms with van der Waals surface area (Å²) >= 11 is 0. The molecule has 0 aliphatic heterocycles. The van der Waals surface area contributed by atoms with Gasteiger partial charge in [0.25, 0.3) is 0 Å². The molecule has 0 aromatic heterocycles. The third-order valence-corrected chi connectivity index (χ3v) is 12.5. The number of carbonyl (C=O) groups is 2. The molecule has 0 saturated heterocycles. The van der Waals surface area contributed by atoms with E-state index in [1.165, 1.54) is 44.1 Å². The third-order valence-electron chi connectivity index (χ3n) is 12.5. The SMILES string of the molecule is CC(C)C1=C2[C@H]3CC[C@@H]4[C@@]5(C)CCC(=O)C(C)(C)[C@@H]5CC[C@@]4(C)[C@]3(C)CC[C@@]2(C)CC1=O. The molecule has 178 valence electrons. The van der Waals surface area contributed by atoms with Crippen molar-refractivity contribution in [3.05, 3.63) is 11.1 Å². The maximum Gasteiger partial charge on any atom is 0.159 e. The highest BCUT2D eigenvalue weighted by Crippen LogP contribution is 2.76. The van der Waals surface area contributed by atoms with Gasteiger partial charge in [-0.15, -0.1) is 0 Å². The normalized spacial score (nSPS) is 50.1. The van der Waals surface area contributed by atoms with E-state index in [0.717, 1.165) is 19.3 Å². The summed E-state index contributed by atoms with van der Waals surface area (Å²) in [5, 5.41) is 0. The standard InChI is InChI=1S/C30H46O2/c1-18(2)24-20(31)17-27(5)15-16-29(7)19(25(24)27)9-10-22-28(6)13-12-23(32)26(3,4)21(28)11-14-30(22,29)8/h18-19,21-22H,9-17H2,1-8H3/t19-,21+,22-,27+,28+,29-,30-/m1/s1. The average Bonchev–Trinajstić information content (AvgIpc) is 2.96. The number of allylic oxidation sites excluding steroid dienone is 2. The summed E-state index contributed by atoms with van der Waals surface area (Å²) in [6.07, 6.45) is 9.97. The Morgan fingerprint density at radius 1 is 0.781 bits per heavy atom. The fourth-order valence-corrected chi connectivity index (χ4v) is 10.7. The number of Topliss-reactive ketones (excluding diaryl/α,β-unsaturated/α-hetero) is 2. The average molecular weight is 439 g/mol. The summed E-state index contributed by atoms with van der Waals surface area (Å²) in [5.74, 6) is 3.04. The third kappa shape index (κ3) is 2.54. The van der Waals surface area contributed by atoms with Crippen molar-refractivity contribution < 1.29 is 9.59 Å². The minimum atomic E-state index is -0.178. The Hall–Kier alpha value is -0.920. The second-order valence-electron chi connectivity index (χ2n) is 14.4. The second kappa shape index (κ2) is 6.60. The molecule has 0 unspecified atom stereocenters. The summed E-state index contributed by atoms with van der Waals surface area (Å²) < 4.78 is 0. The van der Waals surface area contributed by atoms with Gasteiger partial charge >= 0.3 is 0 Å². The van der Waals surface area contributed by atoms with Gasteiger partial charge in [-0.05, 0) is 95.9 Å². The summed E-state index contributed by atoms with van der Waals surface area (Å²) in [6, 6.07) is 0. The molecule has 4 saturated carbocycles. The monoisotopic (exact) mass is 438 g/mol. The van der Waals surface area contributed by atoms with Gasteiger partial charge < -0.3 is 0 Å². The maximum absolute atomic E-state index is 13.2. The Kier molecular flexibility index (Phi) is 4.71. The molecule has 0 aromatic carbocycles. The van der Waals surface area contributed by atoms with Crippen LogP contribution in [0.3, 0.4) is 0 Å². The lowest BCUT2D eigenvalue weighted by molar-refractivity contribution is -0.210. The molecule has 2 nitrogen and oxygen atoms in total. The summed E-state index contributed by atoms with van der Waals surface area (Å²) in [4.78, 5) is 26.1. The van der Waals surface area contributed by atoms with Gasteiger partial charge in [0.15, 0.2) is 5.78 Å². The first-order valence-corrected chi connectivity index (χ1v) is 13.5. The molecular weight excluding hydrogens is 392 g/mol. The van der Waals surface area contributed by atoms with Gasteiger partial charge in [0.05, 0.1) is 0 Å². The van der Waals surface area contributed by atoms with Crippen molar-refractivity contribution in [2.24, 2.45) is 50.7 Å². The van der Waals surface area contributed by atoms with Crippen LogP contribution in [0.5, 0.6) is 0 Å². The molecule has 2 heteroatoms. The highest BCUT2D eigenvalue weighted by Gasteiger charge is 2.69. The predicted octanol–water partition coefficient (Wildman–Crippen LogP) is 7.56. The van der Waals surface area contributed by atoms with Crippen LogP contribution >= 0.6 is 0 Å². The van der Waals surface area contributed by atoms with Crippen LogP contribution in [0.25, 0.3) is 0 Å². The number of hydrogen-bond donors (Lipinski definition) is 0. The molecule has 32 heavy (non-hydrogen) atoms. The Labute approximate surface area is 196 Å². The molecule has 0 aromatic rings. The first kappa shape index (κ1) is 22.9. The molecule has 7 atom stereocenters. The molecule has 0 bridgehead atoms. The van der Waals surface area contributed by atoms with Gasteiger partial charge in [0.2, 0.25) is 0 Å². The van der Waals surface area contributed by atoms with Crippen molar-refractivity contribution in [3.8, 4) is 0 Å². The summed E-state index contributed by atoms with van der Waals surface area (Å²) in [5.41, 5.74) is 3.52. The molecule has 0 amide bonds. The largest absolute Gasteiger partial charge is 0.299 e. The van der Waals surface area contributed by atoms with Gasteiger partial charge in [-0.3, -0.25) is 9.59 Å². The van der Waals surface area contributed by atoms with Crippen molar-refractivity contribution in [1.82, 2.24) is 0 Å². The molecule has 5 aliphatic carbocycles. The second-order valence-corrected chi connectivity index (χ2v) is 14.4. The van der Waals surface area contributed by atoms with E-state index in [9.17, 15) is 9.59 Å². The van der Waals surface area contributed by atoms with Gasteiger partial charge in [0, 0.05) is 18.3 Å². The molecule has 4 fully saturated rings. The zero-order valence-corrected chi connectivity index (χ0v) is 22.0. The molecular formula is C30H46O2. The minimum Gasteiger partial charge on any atom is -0.299 e. The van der Waals surface area contributed by atoms with Crippen molar-refractivity contribution in [2.45, 2.75) is 113 Å². The zero-order chi connectivity index (χ0) is 23.5. The Morgan fingerprint density at radius 3 is 2.12 bits per heavy atom. The number of carbonyl (C=O) groups excluding carboxylic acids is 2.